The molecule has 2 heterocycles. The summed E-state index contributed by atoms with van der Waals surface area (Å²) in [6, 6.07) is 14.8. The third kappa shape index (κ3) is 4.76. The van der Waals surface area contributed by atoms with Crippen LogP contribution in [0.2, 0.25) is 0 Å². The molecule has 0 aromatic heterocycles. The van der Waals surface area contributed by atoms with Crippen molar-refractivity contribution in [3.05, 3.63) is 54.1 Å². The topological polar surface area (TPSA) is 84.9 Å². The van der Waals surface area contributed by atoms with Gasteiger partial charge in [-0.05, 0) is 30.5 Å². The van der Waals surface area contributed by atoms with E-state index in [1.54, 1.807) is 12.1 Å². The molecule has 2 aromatic rings. The number of hydrogen-bond donors (Lipinski definition) is 1. The Hall–Kier alpha value is -2.58. The lowest BCUT2D eigenvalue weighted by molar-refractivity contribution is -0.126. The largest absolute Gasteiger partial charge is 0.486 e. The van der Waals surface area contributed by atoms with Gasteiger partial charge in [0.25, 0.3) is 0 Å². The van der Waals surface area contributed by atoms with Gasteiger partial charge in [0.15, 0.2) is 11.5 Å². The maximum absolute atomic E-state index is 13.1. The van der Waals surface area contributed by atoms with Crippen molar-refractivity contribution in [2.24, 2.45) is 5.92 Å². The molecule has 0 radical (unpaired) electrons. The molecule has 2 aliphatic rings. The van der Waals surface area contributed by atoms with Gasteiger partial charge in [0.05, 0.1) is 4.90 Å². The number of carbonyl (C=O) groups excluding carboxylic acids is 1. The van der Waals surface area contributed by atoms with Crippen LogP contribution in [0.3, 0.4) is 0 Å². The van der Waals surface area contributed by atoms with Gasteiger partial charge in [0.1, 0.15) is 13.2 Å². The number of hydrogen-bond acceptors (Lipinski definition) is 5. The zero-order chi connectivity index (χ0) is 22.8. The van der Waals surface area contributed by atoms with Crippen molar-refractivity contribution >= 4 is 15.9 Å². The Morgan fingerprint density at radius 3 is 2.38 bits per heavy atom. The minimum Gasteiger partial charge on any atom is -0.486 e. The van der Waals surface area contributed by atoms with Gasteiger partial charge >= 0.3 is 0 Å². The fraction of sp³-hybridized carbons (Fsp3) is 0.458. The van der Waals surface area contributed by atoms with Gasteiger partial charge < -0.3 is 14.8 Å². The standard InChI is InChI=1S/C24H30N2O5S/c1-24(2,19-6-4-3-5-7-19)17-25-23(27)18-10-12-26(13-11-18)32(28,29)20-8-9-21-22(16-20)31-15-14-30-21/h3-9,16,18H,10-15,17H2,1-2H3,(H,25,27). The number of fused-ring (bicyclic) bond motifs is 1. The first-order valence-corrected chi connectivity index (χ1v) is 12.4. The summed E-state index contributed by atoms with van der Waals surface area (Å²) < 4.78 is 38.6. The molecule has 2 aromatic carbocycles. The van der Waals surface area contributed by atoms with Crippen molar-refractivity contribution < 1.29 is 22.7 Å². The van der Waals surface area contributed by atoms with E-state index in [4.69, 9.17) is 9.47 Å². The van der Waals surface area contributed by atoms with Gasteiger partial charge in [-0.1, -0.05) is 44.2 Å². The second-order valence-electron chi connectivity index (χ2n) is 8.95. The molecule has 32 heavy (non-hydrogen) atoms. The highest BCUT2D eigenvalue weighted by atomic mass is 32.2. The van der Waals surface area contributed by atoms with Crippen molar-refractivity contribution in [1.29, 1.82) is 0 Å². The lowest BCUT2D eigenvalue weighted by atomic mass is 9.84. The average Bonchev–Trinajstić information content (AvgIpc) is 2.83. The van der Waals surface area contributed by atoms with E-state index in [1.807, 2.05) is 18.2 Å². The zero-order valence-electron chi connectivity index (χ0n) is 18.5. The number of benzene rings is 2. The number of carbonyl (C=O) groups is 1. The third-order valence-corrected chi connectivity index (χ3v) is 8.13. The first-order chi connectivity index (χ1) is 15.3. The van der Waals surface area contributed by atoms with Crippen LogP contribution in [0.4, 0.5) is 0 Å². The van der Waals surface area contributed by atoms with Crippen molar-refractivity contribution in [2.75, 3.05) is 32.8 Å². The van der Waals surface area contributed by atoms with Crippen LogP contribution in [0.5, 0.6) is 11.5 Å². The molecule has 1 amide bonds. The molecule has 172 valence electrons. The summed E-state index contributed by atoms with van der Waals surface area (Å²) in [6.07, 6.45) is 1.00. The smallest absolute Gasteiger partial charge is 0.243 e. The van der Waals surface area contributed by atoms with E-state index in [9.17, 15) is 13.2 Å². The van der Waals surface area contributed by atoms with Gasteiger partial charge in [-0.25, -0.2) is 8.42 Å². The summed E-state index contributed by atoms with van der Waals surface area (Å²) in [6.45, 7) is 6.23. The zero-order valence-corrected chi connectivity index (χ0v) is 19.4. The SMILES string of the molecule is CC(C)(CNC(=O)C1CCN(S(=O)(=O)c2ccc3c(c2)OCCO3)CC1)c1ccccc1. The fourth-order valence-corrected chi connectivity index (χ4v) is 5.62. The van der Waals surface area contributed by atoms with Crippen LogP contribution in [-0.4, -0.2) is 51.5 Å². The maximum Gasteiger partial charge on any atom is 0.243 e. The van der Waals surface area contributed by atoms with E-state index in [-0.39, 0.29) is 22.1 Å². The molecule has 0 saturated carbocycles. The maximum atomic E-state index is 13.1. The van der Waals surface area contributed by atoms with Crippen LogP contribution in [0.15, 0.2) is 53.4 Å². The van der Waals surface area contributed by atoms with E-state index in [0.29, 0.717) is 57.2 Å². The van der Waals surface area contributed by atoms with Gasteiger partial charge in [0.2, 0.25) is 15.9 Å². The van der Waals surface area contributed by atoms with Crippen LogP contribution < -0.4 is 14.8 Å². The van der Waals surface area contributed by atoms with Gasteiger partial charge in [-0.2, -0.15) is 4.31 Å². The molecule has 1 fully saturated rings. The monoisotopic (exact) mass is 458 g/mol. The number of amides is 1. The van der Waals surface area contributed by atoms with E-state index in [1.165, 1.54) is 15.9 Å². The predicted molar refractivity (Wildman–Crippen MR) is 121 cm³/mol. The number of nitrogens with zero attached hydrogens (tertiary/aromatic N) is 1. The van der Waals surface area contributed by atoms with E-state index in [2.05, 4.69) is 31.3 Å². The number of sulfonamides is 1. The minimum atomic E-state index is -3.65. The highest BCUT2D eigenvalue weighted by Crippen LogP contribution is 2.34. The molecule has 0 atom stereocenters. The third-order valence-electron chi connectivity index (χ3n) is 6.24. The first-order valence-electron chi connectivity index (χ1n) is 11.0. The molecule has 7 nitrogen and oxygen atoms in total. The van der Waals surface area contributed by atoms with Gasteiger partial charge in [0, 0.05) is 37.0 Å². The molecule has 8 heteroatoms. The van der Waals surface area contributed by atoms with Crippen molar-refractivity contribution in [1.82, 2.24) is 9.62 Å². The summed E-state index contributed by atoms with van der Waals surface area (Å²) >= 11 is 0. The van der Waals surface area contributed by atoms with E-state index >= 15 is 0 Å². The molecule has 1 N–H and O–H groups in total. The molecular weight excluding hydrogens is 428 g/mol. The Balaban J connectivity index is 1.34. The number of nitrogens with one attached hydrogen (secondary N) is 1. The Labute approximate surface area is 189 Å². The van der Waals surface area contributed by atoms with Crippen molar-refractivity contribution in [3.63, 3.8) is 0 Å². The lowest BCUT2D eigenvalue weighted by Crippen LogP contribution is -2.45. The Morgan fingerprint density at radius 2 is 1.69 bits per heavy atom. The van der Waals surface area contributed by atoms with Gasteiger partial charge in [-0.3, -0.25) is 4.79 Å². The Kier molecular flexibility index (Phi) is 6.44. The molecule has 0 unspecified atom stereocenters. The summed E-state index contributed by atoms with van der Waals surface area (Å²) in [4.78, 5) is 12.9. The second kappa shape index (κ2) is 9.11. The quantitative estimate of drug-likeness (QED) is 0.720. The number of ether oxygens (including phenoxy) is 2. The predicted octanol–water partition coefficient (Wildman–Crippen LogP) is 2.95. The van der Waals surface area contributed by atoms with Crippen LogP contribution in [0.1, 0.15) is 32.3 Å². The van der Waals surface area contributed by atoms with Crippen LogP contribution >= 0.6 is 0 Å². The fourth-order valence-electron chi connectivity index (χ4n) is 4.14. The number of rotatable bonds is 6. The Morgan fingerprint density at radius 1 is 1.03 bits per heavy atom. The Bertz CT molecular complexity index is 1060. The summed E-state index contributed by atoms with van der Waals surface area (Å²) in [7, 11) is -3.65. The lowest BCUT2D eigenvalue weighted by Gasteiger charge is -2.32. The van der Waals surface area contributed by atoms with Gasteiger partial charge in [-0.15, -0.1) is 0 Å². The molecule has 0 aliphatic carbocycles. The molecule has 4 rings (SSSR count). The van der Waals surface area contributed by atoms with Crippen molar-refractivity contribution in [3.8, 4) is 11.5 Å². The van der Waals surface area contributed by atoms with Crippen molar-refractivity contribution in [2.45, 2.75) is 37.0 Å². The second-order valence-corrected chi connectivity index (χ2v) is 10.9. The van der Waals surface area contributed by atoms with Crippen LogP contribution in [0.25, 0.3) is 0 Å². The highest BCUT2D eigenvalue weighted by molar-refractivity contribution is 7.89. The molecule has 0 spiro atoms. The molecular formula is C24H30N2O5S. The van der Waals surface area contributed by atoms with Crippen LogP contribution in [-0.2, 0) is 20.2 Å². The van der Waals surface area contributed by atoms with E-state index in [0.717, 1.165) is 0 Å². The average molecular weight is 459 g/mol. The minimum absolute atomic E-state index is 0.00890. The first kappa shape index (κ1) is 22.6. The van der Waals surface area contributed by atoms with Crippen LogP contribution in [0, 0.1) is 5.92 Å². The molecule has 1 saturated heterocycles. The van der Waals surface area contributed by atoms with E-state index < -0.39 is 10.0 Å². The molecule has 0 bridgehead atoms. The number of piperidine rings is 1. The summed E-state index contributed by atoms with van der Waals surface area (Å²) in [5.74, 6) is 0.815. The highest BCUT2D eigenvalue weighted by Gasteiger charge is 2.33. The summed E-state index contributed by atoms with van der Waals surface area (Å²) in [5.41, 5.74) is 0.986. The molecule has 2 aliphatic heterocycles. The summed E-state index contributed by atoms with van der Waals surface area (Å²) in [5, 5.41) is 3.07. The normalized spacial score (nSPS) is 17.7.